The number of fused-ring (bicyclic) bond motifs is 2. The zero-order chi connectivity index (χ0) is 18.8. The van der Waals surface area contributed by atoms with E-state index in [9.17, 15) is 0 Å². The maximum absolute atomic E-state index is 2.77. The van der Waals surface area contributed by atoms with Crippen LogP contribution < -0.4 is 4.90 Å². The molecule has 0 amide bonds. The molecule has 2 heterocycles. The topological polar surface area (TPSA) is 6.48 Å². The molecule has 0 atom stereocenters. The van der Waals surface area contributed by atoms with Gasteiger partial charge in [-0.25, -0.2) is 0 Å². The number of anilines is 2. The predicted octanol–water partition coefficient (Wildman–Crippen LogP) is 6.73. The van der Waals surface area contributed by atoms with E-state index in [-0.39, 0.29) is 0 Å². The van der Waals surface area contributed by atoms with Crippen molar-refractivity contribution in [2.75, 3.05) is 31.1 Å². The third-order valence-corrected chi connectivity index (χ3v) is 8.20. The average molecular weight is 393 g/mol. The van der Waals surface area contributed by atoms with Gasteiger partial charge >= 0.3 is 0 Å². The minimum Gasteiger partial charge on any atom is -0.340 e. The van der Waals surface area contributed by atoms with Crippen molar-refractivity contribution >= 4 is 23.1 Å². The van der Waals surface area contributed by atoms with Gasteiger partial charge in [0.2, 0.25) is 0 Å². The highest BCUT2D eigenvalue weighted by molar-refractivity contribution is 7.99. The Kier molecular flexibility index (Phi) is 5.38. The molecule has 2 fully saturated rings. The van der Waals surface area contributed by atoms with Gasteiger partial charge in [0.25, 0.3) is 0 Å². The first-order valence-corrected chi connectivity index (χ1v) is 12.0. The zero-order valence-electron chi connectivity index (χ0n) is 16.9. The fraction of sp³-hybridized carbons (Fsp3) is 0.520. The van der Waals surface area contributed by atoms with Crippen LogP contribution in [0.2, 0.25) is 0 Å². The molecule has 0 bridgehead atoms. The normalized spacial score (nSPS) is 21.4. The van der Waals surface area contributed by atoms with Gasteiger partial charge in [0.05, 0.1) is 11.4 Å². The van der Waals surface area contributed by atoms with Crippen molar-refractivity contribution < 1.29 is 0 Å². The first kappa shape index (κ1) is 18.6. The first-order chi connectivity index (χ1) is 13.8. The molecule has 1 spiro atoms. The summed E-state index contributed by atoms with van der Waals surface area (Å²) in [7, 11) is 0. The van der Waals surface area contributed by atoms with Crippen molar-refractivity contribution in [2.24, 2.45) is 5.41 Å². The van der Waals surface area contributed by atoms with E-state index >= 15 is 0 Å². The SMILES string of the molecule is c1ccc2c(c1)Sc1ccccc1N2CCCN1CCC2(CCCCCC2)C1. The van der Waals surface area contributed by atoms with Gasteiger partial charge in [0, 0.05) is 22.9 Å². The second kappa shape index (κ2) is 8.12. The van der Waals surface area contributed by atoms with Gasteiger partial charge in [0.15, 0.2) is 0 Å². The average Bonchev–Trinajstić information content (AvgIpc) is 2.98. The van der Waals surface area contributed by atoms with Crippen molar-refractivity contribution in [2.45, 2.75) is 61.2 Å². The van der Waals surface area contributed by atoms with Crippen LogP contribution in [-0.4, -0.2) is 31.1 Å². The summed E-state index contributed by atoms with van der Waals surface area (Å²) in [6.07, 6.45) is 11.5. The number of likely N-dealkylation sites (tertiary alicyclic amines) is 1. The third kappa shape index (κ3) is 3.71. The predicted molar refractivity (Wildman–Crippen MR) is 120 cm³/mol. The number of rotatable bonds is 4. The summed E-state index contributed by atoms with van der Waals surface area (Å²) < 4.78 is 0. The van der Waals surface area contributed by atoms with Crippen molar-refractivity contribution in [1.29, 1.82) is 0 Å². The van der Waals surface area contributed by atoms with E-state index in [2.05, 4.69) is 58.3 Å². The summed E-state index contributed by atoms with van der Waals surface area (Å²) in [5.41, 5.74) is 3.43. The van der Waals surface area contributed by atoms with Crippen molar-refractivity contribution in [1.82, 2.24) is 4.90 Å². The second-order valence-electron chi connectivity index (χ2n) is 8.98. The maximum atomic E-state index is 2.77. The van der Waals surface area contributed by atoms with Crippen molar-refractivity contribution in [3.05, 3.63) is 48.5 Å². The summed E-state index contributed by atoms with van der Waals surface area (Å²) >= 11 is 1.91. The fourth-order valence-electron chi connectivity index (χ4n) is 5.58. The smallest absolute Gasteiger partial charge is 0.0552 e. The molecule has 0 radical (unpaired) electrons. The lowest BCUT2D eigenvalue weighted by molar-refractivity contribution is 0.227. The molecule has 148 valence electrons. The Bertz CT molecular complexity index is 764. The number of hydrogen-bond acceptors (Lipinski definition) is 3. The molecule has 1 saturated carbocycles. The molecular formula is C25H32N2S. The van der Waals surface area contributed by atoms with Gasteiger partial charge in [-0.3, -0.25) is 0 Å². The minimum absolute atomic E-state index is 0.664. The number of para-hydroxylation sites is 2. The van der Waals surface area contributed by atoms with E-state index in [1.165, 1.54) is 92.2 Å². The third-order valence-electron chi connectivity index (χ3n) is 7.07. The van der Waals surface area contributed by atoms with Crippen LogP contribution >= 0.6 is 11.8 Å². The van der Waals surface area contributed by atoms with Crippen LogP contribution in [-0.2, 0) is 0 Å². The standard InChI is InChI=1S/C25H32N2S/c1-2-8-15-25(14-7-1)16-19-26(20-25)17-9-18-27-21-10-3-5-12-23(21)28-24-13-6-4-11-22(24)27/h3-6,10-13H,1-2,7-9,14-20H2. The minimum atomic E-state index is 0.664. The van der Waals surface area contributed by atoms with Gasteiger partial charge in [-0.1, -0.05) is 61.7 Å². The molecule has 2 aromatic rings. The van der Waals surface area contributed by atoms with Gasteiger partial charge in [-0.15, -0.1) is 0 Å². The van der Waals surface area contributed by atoms with Crippen LogP contribution in [0.15, 0.2) is 58.3 Å². The number of nitrogens with zero attached hydrogens (tertiary/aromatic N) is 2. The zero-order valence-corrected chi connectivity index (χ0v) is 17.7. The van der Waals surface area contributed by atoms with Crippen LogP contribution in [0.5, 0.6) is 0 Å². The Labute approximate surface area is 174 Å². The Morgan fingerprint density at radius 1 is 0.750 bits per heavy atom. The van der Waals surface area contributed by atoms with Crippen molar-refractivity contribution in [3.63, 3.8) is 0 Å². The number of benzene rings is 2. The molecule has 2 nitrogen and oxygen atoms in total. The summed E-state index contributed by atoms with van der Waals surface area (Å²) in [6, 6.07) is 17.8. The largest absolute Gasteiger partial charge is 0.340 e. The van der Waals surface area contributed by atoms with Gasteiger partial charge in [0.1, 0.15) is 0 Å². The van der Waals surface area contributed by atoms with Crippen LogP contribution in [0.3, 0.4) is 0 Å². The highest BCUT2D eigenvalue weighted by atomic mass is 32.2. The molecule has 0 aromatic heterocycles. The van der Waals surface area contributed by atoms with Crippen molar-refractivity contribution in [3.8, 4) is 0 Å². The summed E-state index contributed by atoms with van der Waals surface area (Å²) in [5, 5.41) is 0. The molecule has 1 saturated heterocycles. The lowest BCUT2D eigenvalue weighted by atomic mass is 9.80. The monoisotopic (exact) mass is 392 g/mol. The Morgan fingerprint density at radius 2 is 1.39 bits per heavy atom. The van der Waals surface area contributed by atoms with E-state index in [1.54, 1.807) is 0 Å². The van der Waals surface area contributed by atoms with Crippen LogP contribution in [0.4, 0.5) is 11.4 Å². The van der Waals surface area contributed by atoms with E-state index in [0.717, 1.165) is 6.54 Å². The summed E-state index contributed by atoms with van der Waals surface area (Å²) in [5.74, 6) is 0. The molecule has 1 aliphatic carbocycles. The van der Waals surface area contributed by atoms with Gasteiger partial charge in [-0.05, 0) is 68.5 Å². The fourth-order valence-corrected chi connectivity index (χ4v) is 6.68. The molecule has 2 aromatic carbocycles. The lowest BCUT2D eigenvalue weighted by Gasteiger charge is -2.33. The van der Waals surface area contributed by atoms with E-state index in [0.29, 0.717) is 5.41 Å². The van der Waals surface area contributed by atoms with Crippen LogP contribution in [0.25, 0.3) is 0 Å². The highest BCUT2D eigenvalue weighted by Gasteiger charge is 2.37. The molecule has 3 heteroatoms. The molecule has 5 rings (SSSR count). The van der Waals surface area contributed by atoms with Gasteiger partial charge in [-0.2, -0.15) is 0 Å². The Hall–Kier alpha value is -1.45. The number of hydrogen-bond donors (Lipinski definition) is 0. The molecule has 28 heavy (non-hydrogen) atoms. The molecule has 0 N–H and O–H groups in total. The quantitative estimate of drug-likeness (QED) is 0.570. The summed E-state index contributed by atoms with van der Waals surface area (Å²) in [4.78, 5) is 8.10. The second-order valence-corrected chi connectivity index (χ2v) is 10.1. The molecule has 3 aliphatic rings. The molecule has 2 aliphatic heterocycles. The molecule has 0 unspecified atom stereocenters. The van der Waals surface area contributed by atoms with Crippen LogP contribution in [0.1, 0.15) is 51.4 Å². The van der Waals surface area contributed by atoms with E-state index in [1.807, 2.05) is 11.8 Å². The Morgan fingerprint density at radius 3 is 2.07 bits per heavy atom. The van der Waals surface area contributed by atoms with E-state index < -0.39 is 0 Å². The Balaban J connectivity index is 1.24. The van der Waals surface area contributed by atoms with Crippen LogP contribution in [0, 0.1) is 5.41 Å². The summed E-state index contributed by atoms with van der Waals surface area (Å²) in [6.45, 7) is 5.03. The maximum Gasteiger partial charge on any atom is 0.0552 e. The molecular weight excluding hydrogens is 360 g/mol. The lowest BCUT2D eigenvalue weighted by Crippen LogP contribution is -2.30. The van der Waals surface area contributed by atoms with Gasteiger partial charge < -0.3 is 9.80 Å². The first-order valence-electron chi connectivity index (χ1n) is 11.2. The highest BCUT2D eigenvalue weighted by Crippen LogP contribution is 2.48. The van der Waals surface area contributed by atoms with E-state index in [4.69, 9.17) is 0 Å².